The summed E-state index contributed by atoms with van der Waals surface area (Å²) in [7, 11) is 0. The van der Waals surface area contributed by atoms with Gasteiger partial charge in [0.2, 0.25) is 0 Å². The van der Waals surface area contributed by atoms with Gasteiger partial charge in [0.15, 0.2) is 0 Å². The number of hydrogen-bond donors (Lipinski definition) is 2. The minimum Gasteiger partial charge on any atom is -0.480 e. The number of carboxylic acid groups (broad SMARTS) is 1. The van der Waals surface area contributed by atoms with Crippen LogP contribution in [-0.2, 0) is 4.79 Å². The van der Waals surface area contributed by atoms with Gasteiger partial charge in [-0.05, 0) is 11.8 Å². The summed E-state index contributed by atoms with van der Waals surface area (Å²) in [6, 6.07) is -0.960. The normalized spacial score (nSPS) is 20.6. The third kappa shape index (κ3) is 4.08. The van der Waals surface area contributed by atoms with E-state index < -0.39 is 12.0 Å². The van der Waals surface area contributed by atoms with Gasteiger partial charge in [-0.25, -0.2) is 9.59 Å². The molecule has 0 aliphatic carbocycles. The third-order valence-electron chi connectivity index (χ3n) is 3.35. The van der Waals surface area contributed by atoms with Gasteiger partial charge < -0.3 is 15.3 Å². The molecule has 0 bridgehead atoms. The van der Waals surface area contributed by atoms with E-state index in [4.69, 9.17) is 5.11 Å². The van der Waals surface area contributed by atoms with Crippen molar-refractivity contribution < 1.29 is 14.7 Å². The summed E-state index contributed by atoms with van der Waals surface area (Å²) in [6.07, 6.45) is 0.964. The zero-order chi connectivity index (χ0) is 13.8. The molecule has 1 atom stereocenters. The largest absolute Gasteiger partial charge is 0.480 e. The lowest BCUT2D eigenvalue weighted by Gasteiger charge is -2.33. The number of rotatable bonds is 4. The number of urea groups is 1. The van der Waals surface area contributed by atoms with E-state index in [1.165, 1.54) is 4.90 Å². The van der Waals surface area contributed by atoms with Crippen LogP contribution in [0, 0.1) is 5.41 Å². The van der Waals surface area contributed by atoms with Crippen molar-refractivity contribution in [3.63, 3.8) is 0 Å². The number of carbonyl (C=O) groups is 2. The Balaban J connectivity index is 2.56. The number of carboxylic acids is 1. The lowest BCUT2D eigenvalue weighted by atomic mass is 9.90. The van der Waals surface area contributed by atoms with Crippen molar-refractivity contribution in [3.8, 4) is 0 Å². The van der Waals surface area contributed by atoms with Crippen molar-refractivity contribution in [1.82, 2.24) is 10.2 Å². The Labute approximate surface area is 112 Å². The first-order valence-corrected chi connectivity index (χ1v) is 7.38. The van der Waals surface area contributed by atoms with Crippen molar-refractivity contribution in [2.75, 3.05) is 24.6 Å². The molecule has 1 saturated heterocycles. The highest BCUT2D eigenvalue weighted by molar-refractivity contribution is 7.99. The second kappa shape index (κ2) is 6.31. The van der Waals surface area contributed by atoms with Gasteiger partial charge in [-0.15, -0.1) is 0 Å². The maximum Gasteiger partial charge on any atom is 0.327 e. The molecule has 0 spiro atoms. The zero-order valence-corrected chi connectivity index (χ0v) is 12.0. The van der Waals surface area contributed by atoms with E-state index in [1.807, 2.05) is 0 Å². The highest BCUT2D eigenvalue weighted by atomic mass is 32.2. The molecule has 1 rings (SSSR count). The number of amides is 2. The number of nitrogens with one attached hydrogen (secondary N) is 1. The fourth-order valence-corrected chi connectivity index (χ4v) is 2.63. The van der Waals surface area contributed by atoms with Crippen molar-refractivity contribution in [2.45, 2.75) is 33.2 Å². The highest BCUT2D eigenvalue weighted by Crippen LogP contribution is 2.19. The molecule has 5 nitrogen and oxygen atoms in total. The van der Waals surface area contributed by atoms with E-state index in [-0.39, 0.29) is 11.4 Å². The first kappa shape index (κ1) is 15.1. The van der Waals surface area contributed by atoms with Gasteiger partial charge in [0.05, 0.1) is 0 Å². The van der Waals surface area contributed by atoms with Gasteiger partial charge in [0, 0.05) is 24.6 Å². The van der Waals surface area contributed by atoms with Crippen LogP contribution in [0.1, 0.15) is 27.2 Å². The van der Waals surface area contributed by atoms with Crippen molar-refractivity contribution in [2.24, 2.45) is 5.41 Å². The predicted octanol–water partition coefficient (Wildman–Crippen LogP) is 1.63. The van der Waals surface area contributed by atoms with Crippen LogP contribution in [0.25, 0.3) is 0 Å². The van der Waals surface area contributed by atoms with Crippen molar-refractivity contribution in [3.05, 3.63) is 0 Å². The molecular weight excluding hydrogens is 252 g/mol. The van der Waals surface area contributed by atoms with Crippen LogP contribution in [0.4, 0.5) is 4.79 Å². The quantitative estimate of drug-likeness (QED) is 0.817. The number of aliphatic carboxylic acids is 1. The minimum atomic E-state index is -0.924. The summed E-state index contributed by atoms with van der Waals surface area (Å²) in [6.45, 7) is 7.30. The zero-order valence-electron chi connectivity index (χ0n) is 11.2. The van der Waals surface area contributed by atoms with Crippen molar-refractivity contribution >= 4 is 23.8 Å². The Bertz CT molecular complexity index is 320. The van der Waals surface area contributed by atoms with Crippen LogP contribution in [-0.4, -0.2) is 52.6 Å². The maximum atomic E-state index is 12.0. The minimum absolute atomic E-state index is 0.0406. The third-order valence-corrected chi connectivity index (χ3v) is 4.37. The molecule has 104 valence electrons. The molecule has 18 heavy (non-hydrogen) atoms. The van der Waals surface area contributed by atoms with Crippen LogP contribution < -0.4 is 5.32 Å². The summed E-state index contributed by atoms with van der Waals surface area (Å²) >= 11 is 1.58. The molecule has 1 unspecified atom stereocenters. The number of hydrogen-bond acceptors (Lipinski definition) is 3. The summed E-state index contributed by atoms with van der Waals surface area (Å²) in [5.41, 5.74) is 0.0406. The highest BCUT2D eigenvalue weighted by Gasteiger charge is 2.32. The fraction of sp³-hybridized carbons (Fsp3) is 0.833. The fourth-order valence-electron chi connectivity index (χ4n) is 1.59. The van der Waals surface area contributed by atoms with Crippen LogP contribution >= 0.6 is 11.8 Å². The average Bonchev–Trinajstić information content (AvgIpc) is 2.36. The second-order valence-electron chi connectivity index (χ2n) is 5.30. The molecule has 6 heteroatoms. The maximum absolute atomic E-state index is 12.0. The van der Waals surface area contributed by atoms with Crippen LogP contribution in [0.15, 0.2) is 0 Å². The van der Waals surface area contributed by atoms with Crippen LogP contribution in [0.5, 0.6) is 0 Å². The monoisotopic (exact) mass is 274 g/mol. The molecule has 1 aliphatic rings. The lowest BCUT2D eigenvalue weighted by Crippen LogP contribution is -2.54. The van der Waals surface area contributed by atoms with E-state index in [0.29, 0.717) is 18.8 Å². The summed E-state index contributed by atoms with van der Waals surface area (Å²) in [5.74, 6) is 0.348. The molecule has 0 aromatic rings. The standard InChI is InChI=1S/C12H22N2O3S/c1-4-12(2,3)8-13-11(17)14-5-6-18-7-9(14)10(15)16/h9H,4-8H2,1-3H3,(H,13,17)(H,15,16). The van der Waals surface area contributed by atoms with Crippen LogP contribution in [0.2, 0.25) is 0 Å². The van der Waals surface area contributed by atoms with Gasteiger partial charge in [-0.3, -0.25) is 0 Å². The Kier molecular flexibility index (Phi) is 5.31. The number of nitrogens with zero attached hydrogens (tertiary/aromatic N) is 1. The average molecular weight is 274 g/mol. The molecule has 0 saturated carbocycles. The van der Waals surface area contributed by atoms with E-state index in [2.05, 4.69) is 26.1 Å². The Hall–Kier alpha value is -0.910. The lowest BCUT2D eigenvalue weighted by molar-refractivity contribution is -0.141. The van der Waals surface area contributed by atoms with E-state index >= 15 is 0 Å². The molecule has 2 N–H and O–H groups in total. The van der Waals surface area contributed by atoms with E-state index in [1.54, 1.807) is 11.8 Å². The van der Waals surface area contributed by atoms with Gasteiger partial charge in [-0.1, -0.05) is 20.8 Å². The molecule has 2 amide bonds. The van der Waals surface area contributed by atoms with Gasteiger partial charge in [0.25, 0.3) is 0 Å². The Morgan fingerprint density at radius 3 is 2.72 bits per heavy atom. The van der Waals surface area contributed by atoms with Gasteiger partial charge >= 0.3 is 12.0 Å². The first-order valence-electron chi connectivity index (χ1n) is 6.22. The first-order chi connectivity index (χ1) is 8.37. The summed E-state index contributed by atoms with van der Waals surface area (Å²) < 4.78 is 0. The SMILES string of the molecule is CCC(C)(C)CNC(=O)N1CCSCC1C(=O)O. The molecule has 0 radical (unpaired) electrons. The Morgan fingerprint density at radius 2 is 2.17 bits per heavy atom. The predicted molar refractivity (Wildman–Crippen MR) is 72.9 cm³/mol. The van der Waals surface area contributed by atoms with E-state index in [0.717, 1.165) is 12.2 Å². The second-order valence-corrected chi connectivity index (χ2v) is 6.45. The molecule has 0 aromatic heterocycles. The molecule has 0 aromatic carbocycles. The van der Waals surface area contributed by atoms with Gasteiger partial charge in [0.1, 0.15) is 6.04 Å². The smallest absolute Gasteiger partial charge is 0.327 e. The molecule has 1 fully saturated rings. The number of carbonyl (C=O) groups excluding carboxylic acids is 1. The van der Waals surface area contributed by atoms with Crippen molar-refractivity contribution in [1.29, 1.82) is 0 Å². The summed E-state index contributed by atoms with van der Waals surface area (Å²) in [4.78, 5) is 24.5. The Morgan fingerprint density at radius 1 is 1.50 bits per heavy atom. The summed E-state index contributed by atoms with van der Waals surface area (Å²) in [5, 5.41) is 11.9. The molecule has 1 heterocycles. The topological polar surface area (TPSA) is 69.6 Å². The molecule has 1 aliphatic heterocycles. The number of thioether (sulfide) groups is 1. The van der Waals surface area contributed by atoms with E-state index in [9.17, 15) is 9.59 Å². The van der Waals surface area contributed by atoms with Gasteiger partial charge in [-0.2, -0.15) is 11.8 Å². The molecular formula is C12H22N2O3S. The van der Waals surface area contributed by atoms with Crippen LogP contribution in [0.3, 0.4) is 0 Å².